The predicted octanol–water partition coefficient (Wildman–Crippen LogP) is 16.4. The zero-order chi connectivity index (χ0) is 41.7. The molecule has 0 amide bonds. The van der Waals surface area contributed by atoms with E-state index >= 15 is 0 Å². The minimum atomic E-state index is 1.07. The second-order valence-electron chi connectivity index (χ2n) is 16.1. The van der Waals surface area contributed by atoms with Crippen LogP contribution in [0.1, 0.15) is 0 Å². The molecule has 12 rings (SSSR count). The van der Waals surface area contributed by atoms with E-state index in [9.17, 15) is 0 Å². The van der Waals surface area contributed by atoms with Crippen molar-refractivity contribution in [1.29, 1.82) is 0 Å². The van der Waals surface area contributed by atoms with Crippen molar-refractivity contribution in [3.8, 4) is 44.8 Å². The van der Waals surface area contributed by atoms with E-state index in [1.165, 1.54) is 65.9 Å². The Balaban J connectivity index is 1.19. The van der Waals surface area contributed by atoms with Gasteiger partial charge in [-0.1, -0.05) is 170 Å². The van der Waals surface area contributed by atoms with Gasteiger partial charge in [0.1, 0.15) is 0 Å². The largest absolute Gasteiger partial charge is 0.310 e. The molecule has 3 nitrogen and oxygen atoms in total. The fourth-order valence-electron chi connectivity index (χ4n) is 9.65. The van der Waals surface area contributed by atoms with Crippen LogP contribution >= 0.6 is 0 Å². The highest BCUT2D eigenvalue weighted by Crippen LogP contribution is 2.49. The molecule has 2 aromatic heterocycles. The van der Waals surface area contributed by atoms with Crippen LogP contribution in [-0.4, -0.2) is 9.13 Å². The van der Waals surface area contributed by atoms with Gasteiger partial charge in [-0.3, -0.25) is 0 Å². The van der Waals surface area contributed by atoms with Crippen LogP contribution in [-0.2, 0) is 0 Å². The van der Waals surface area contributed by atoms with Gasteiger partial charge in [0.05, 0.1) is 27.8 Å². The summed E-state index contributed by atoms with van der Waals surface area (Å²) in [6.45, 7) is 0. The molecule has 12 aromatic rings. The molecule has 0 aliphatic rings. The number of hydrogen-bond acceptors (Lipinski definition) is 1. The second-order valence-corrected chi connectivity index (χ2v) is 16.1. The molecule has 0 aliphatic heterocycles. The molecule has 296 valence electrons. The van der Waals surface area contributed by atoms with Crippen LogP contribution in [0.5, 0.6) is 0 Å². The topological polar surface area (TPSA) is 13.1 Å². The first-order valence-corrected chi connectivity index (χ1v) is 21.6. The lowest BCUT2D eigenvalue weighted by molar-refractivity contribution is 1.18. The number of anilines is 3. The smallest absolute Gasteiger partial charge is 0.0562 e. The lowest BCUT2D eigenvalue weighted by atomic mass is 9.94. The molecule has 0 spiro atoms. The molecular formula is C60H41N3. The standard InChI is InChI=1S/C60H41N3/c1-5-18-42(19-6-1)44-32-36-48(37-33-44)61(49-38-34-45(35-39-49)43-20-7-2-8-21-43)58-41-59-53(50-26-13-15-29-55(50)63(59)47-24-11-4-12-25-47)40-54(58)51-28-17-31-57-60(51)52-27-14-16-30-56(52)62(57)46-22-9-3-10-23-46/h1-41H. The van der Waals surface area contributed by atoms with Crippen LogP contribution in [0.4, 0.5) is 17.1 Å². The number of nitrogens with zero attached hydrogens (tertiary/aromatic N) is 3. The first-order valence-electron chi connectivity index (χ1n) is 21.6. The van der Waals surface area contributed by atoms with Crippen LogP contribution in [0.25, 0.3) is 88.4 Å². The number of fused-ring (bicyclic) bond motifs is 6. The van der Waals surface area contributed by atoms with Gasteiger partial charge >= 0.3 is 0 Å². The summed E-state index contributed by atoms with van der Waals surface area (Å²) in [6, 6.07) is 90.3. The molecule has 10 aromatic carbocycles. The maximum Gasteiger partial charge on any atom is 0.0562 e. The summed E-state index contributed by atoms with van der Waals surface area (Å²) >= 11 is 0. The third kappa shape index (κ3) is 6.21. The third-order valence-corrected chi connectivity index (χ3v) is 12.5. The van der Waals surface area contributed by atoms with Crippen molar-refractivity contribution in [1.82, 2.24) is 9.13 Å². The Kier molecular flexibility index (Phi) is 8.83. The lowest BCUT2D eigenvalue weighted by Crippen LogP contribution is -2.11. The van der Waals surface area contributed by atoms with Gasteiger partial charge in [0.15, 0.2) is 0 Å². The van der Waals surface area contributed by atoms with Crippen LogP contribution < -0.4 is 4.90 Å². The van der Waals surface area contributed by atoms with Gasteiger partial charge in [0, 0.05) is 49.9 Å². The Hall–Kier alpha value is -8.40. The van der Waals surface area contributed by atoms with Crippen molar-refractivity contribution < 1.29 is 0 Å². The molecule has 0 saturated carbocycles. The number of aromatic nitrogens is 2. The molecule has 0 atom stereocenters. The maximum atomic E-state index is 2.46. The van der Waals surface area contributed by atoms with E-state index in [4.69, 9.17) is 0 Å². The highest BCUT2D eigenvalue weighted by Gasteiger charge is 2.25. The van der Waals surface area contributed by atoms with E-state index in [1.54, 1.807) is 0 Å². The van der Waals surface area contributed by atoms with Crippen molar-refractivity contribution in [2.45, 2.75) is 0 Å². The molecular weight excluding hydrogens is 763 g/mol. The van der Waals surface area contributed by atoms with E-state index in [-0.39, 0.29) is 0 Å². The predicted molar refractivity (Wildman–Crippen MR) is 266 cm³/mol. The average molecular weight is 804 g/mol. The van der Waals surface area contributed by atoms with Gasteiger partial charge in [-0.25, -0.2) is 0 Å². The summed E-state index contributed by atoms with van der Waals surface area (Å²) in [6.07, 6.45) is 0. The summed E-state index contributed by atoms with van der Waals surface area (Å²) in [5, 5.41) is 4.86. The van der Waals surface area contributed by atoms with Gasteiger partial charge in [-0.05, 0) is 107 Å². The van der Waals surface area contributed by atoms with E-state index < -0.39 is 0 Å². The molecule has 0 unspecified atom stereocenters. The van der Waals surface area contributed by atoms with Crippen LogP contribution in [0.3, 0.4) is 0 Å². The SMILES string of the molecule is c1ccc(-c2ccc(N(c3ccc(-c4ccccc4)cc3)c3cc4c(cc3-c3cccc5c3c3ccccc3n5-c3ccccc3)c3ccccc3n4-c3ccccc3)cc2)cc1. The van der Waals surface area contributed by atoms with Crippen molar-refractivity contribution in [2.75, 3.05) is 4.90 Å². The van der Waals surface area contributed by atoms with Crippen molar-refractivity contribution in [2.24, 2.45) is 0 Å². The third-order valence-electron chi connectivity index (χ3n) is 12.5. The minimum absolute atomic E-state index is 1.07. The highest BCUT2D eigenvalue weighted by molar-refractivity contribution is 6.19. The number of hydrogen-bond donors (Lipinski definition) is 0. The highest BCUT2D eigenvalue weighted by atomic mass is 15.1. The summed E-state index contributed by atoms with van der Waals surface area (Å²) < 4.78 is 4.84. The molecule has 0 fully saturated rings. The Morgan fingerprint density at radius 1 is 0.270 bits per heavy atom. The van der Waals surface area contributed by atoms with E-state index in [1.807, 2.05) is 0 Å². The van der Waals surface area contributed by atoms with E-state index in [0.717, 1.165) is 39.5 Å². The molecule has 0 bridgehead atoms. The fraction of sp³-hybridized carbons (Fsp3) is 0. The van der Waals surface area contributed by atoms with Gasteiger partial charge in [0.2, 0.25) is 0 Å². The lowest BCUT2D eigenvalue weighted by Gasteiger charge is -2.29. The molecule has 3 heteroatoms. The van der Waals surface area contributed by atoms with Crippen molar-refractivity contribution >= 4 is 60.7 Å². The van der Waals surface area contributed by atoms with E-state index in [0.29, 0.717) is 0 Å². The first-order chi connectivity index (χ1) is 31.3. The van der Waals surface area contributed by atoms with Crippen LogP contribution in [0, 0.1) is 0 Å². The van der Waals surface area contributed by atoms with Crippen LogP contribution in [0.2, 0.25) is 0 Å². The molecule has 0 radical (unpaired) electrons. The minimum Gasteiger partial charge on any atom is -0.310 e. The molecule has 0 saturated heterocycles. The molecule has 0 aliphatic carbocycles. The summed E-state index contributed by atoms with van der Waals surface area (Å²) in [5.41, 5.74) is 17.2. The normalized spacial score (nSPS) is 11.5. The summed E-state index contributed by atoms with van der Waals surface area (Å²) in [7, 11) is 0. The van der Waals surface area contributed by atoms with Crippen molar-refractivity contribution in [3.63, 3.8) is 0 Å². The summed E-state index contributed by atoms with van der Waals surface area (Å²) in [5.74, 6) is 0. The molecule has 0 N–H and O–H groups in total. The Labute approximate surface area is 366 Å². The van der Waals surface area contributed by atoms with Gasteiger partial charge < -0.3 is 14.0 Å². The van der Waals surface area contributed by atoms with Gasteiger partial charge in [-0.2, -0.15) is 0 Å². The number of benzene rings is 10. The fourth-order valence-corrected chi connectivity index (χ4v) is 9.65. The van der Waals surface area contributed by atoms with Crippen LogP contribution in [0.15, 0.2) is 249 Å². The first kappa shape index (κ1) is 36.5. The van der Waals surface area contributed by atoms with E-state index in [2.05, 4.69) is 263 Å². The zero-order valence-corrected chi connectivity index (χ0v) is 34.5. The van der Waals surface area contributed by atoms with Gasteiger partial charge in [0.25, 0.3) is 0 Å². The van der Waals surface area contributed by atoms with Gasteiger partial charge in [-0.15, -0.1) is 0 Å². The zero-order valence-electron chi connectivity index (χ0n) is 34.5. The second kappa shape index (κ2) is 15.3. The Bertz CT molecular complexity index is 3490. The Morgan fingerprint density at radius 3 is 1.25 bits per heavy atom. The average Bonchev–Trinajstić information content (AvgIpc) is 3.88. The Morgan fingerprint density at radius 2 is 0.698 bits per heavy atom. The quantitative estimate of drug-likeness (QED) is 0.149. The number of rotatable bonds is 8. The molecule has 2 heterocycles. The maximum absolute atomic E-state index is 2.46. The van der Waals surface area contributed by atoms with Crippen molar-refractivity contribution in [3.05, 3.63) is 249 Å². The number of para-hydroxylation sites is 4. The molecule has 63 heavy (non-hydrogen) atoms. The summed E-state index contributed by atoms with van der Waals surface area (Å²) in [4.78, 5) is 2.46. The monoisotopic (exact) mass is 803 g/mol.